The van der Waals surface area contributed by atoms with E-state index in [2.05, 4.69) is 10.3 Å². The van der Waals surface area contributed by atoms with Crippen LogP contribution in [0.1, 0.15) is 29.8 Å². The second kappa shape index (κ2) is 5.43. The second-order valence-corrected chi connectivity index (χ2v) is 4.22. The predicted octanol–water partition coefficient (Wildman–Crippen LogP) is 1.23. The zero-order chi connectivity index (χ0) is 13.0. The van der Waals surface area contributed by atoms with Crippen LogP contribution in [0.15, 0.2) is 18.5 Å². The summed E-state index contributed by atoms with van der Waals surface area (Å²) in [6, 6.07) is 0.821. The Morgan fingerprint density at radius 2 is 2.06 bits per heavy atom. The highest BCUT2D eigenvalue weighted by atomic mass is 16.4. The van der Waals surface area contributed by atoms with E-state index < -0.39 is 17.9 Å². The zero-order valence-corrected chi connectivity index (χ0v) is 10.1. The summed E-state index contributed by atoms with van der Waals surface area (Å²) in [6.07, 6.45) is 3.02. The third-order valence-corrected chi connectivity index (χ3v) is 2.50. The lowest BCUT2D eigenvalue weighted by Crippen LogP contribution is -2.44. The summed E-state index contributed by atoms with van der Waals surface area (Å²) in [5.74, 6) is -1.61. The molecule has 0 unspecified atom stereocenters. The van der Waals surface area contributed by atoms with E-state index in [4.69, 9.17) is 5.11 Å². The molecule has 1 aromatic heterocycles. The van der Waals surface area contributed by atoms with E-state index in [0.717, 1.165) is 5.56 Å². The molecule has 5 nitrogen and oxygen atoms in total. The maximum Gasteiger partial charge on any atom is 0.326 e. The Bertz CT molecular complexity index is 430. The van der Waals surface area contributed by atoms with Gasteiger partial charge in [0.15, 0.2) is 0 Å². The van der Waals surface area contributed by atoms with Gasteiger partial charge in [-0.3, -0.25) is 9.78 Å². The highest BCUT2D eigenvalue weighted by molar-refractivity contribution is 5.97. The van der Waals surface area contributed by atoms with Crippen molar-refractivity contribution in [2.24, 2.45) is 5.92 Å². The van der Waals surface area contributed by atoms with Crippen LogP contribution in [0.3, 0.4) is 0 Å². The largest absolute Gasteiger partial charge is 0.480 e. The van der Waals surface area contributed by atoms with E-state index >= 15 is 0 Å². The van der Waals surface area contributed by atoms with Crippen molar-refractivity contribution in [3.63, 3.8) is 0 Å². The number of nitrogens with zero attached hydrogens (tertiary/aromatic N) is 1. The Labute approximate surface area is 99.9 Å². The number of hydrogen-bond acceptors (Lipinski definition) is 3. The molecule has 0 aliphatic carbocycles. The lowest BCUT2D eigenvalue weighted by molar-refractivity contribution is -0.140. The highest BCUT2D eigenvalue weighted by Crippen LogP contribution is 2.07. The van der Waals surface area contributed by atoms with Gasteiger partial charge < -0.3 is 10.4 Å². The van der Waals surface area contributed by atoms with Gasteiger partial charge in [0.1, 0.15) is 6.04 Å². The Morgan fingerprint density at radius 1 is 1.41 bits per heavy atom. The molecule has 0 radical (unpaired) electrons. The molecule has 0 aliphatic heterocycles. The molecule has 1 rings (SSSR count). The zero-order valence-electron chi connectivity index (χ0n) is 10.1. The predicted molar refractivity (Wildman–Crippen MR) is 62.7 cm³/mol. The fourth-order valence-electron chi connectivity index (χ4n) is 1.43. The molecule has 0 bridgehead atoms. The monoisotopic (exact) mass is 236 g/mol. The second-order valence-electron chi connectivity index (χ2n) is 4.22. The summed E-state index contributed by atoms with van der Waals surface area (Å²) in [7, 11) is 0. The summed E-state index contributed by atoms with van der Waals surface area (Å²) in [5, 5.41) is 11.5. The van der Waals surface area contributed by atoms with E-state index in [-0.39, 0.29) is 5.92 Å². The molecule has 0 aliphatic rings. The fourth-order valence-corrected chi connectivity index (χ4v) is 1.43. The number of aryl methyl sites for hydroxylation is 1. The number of pyridine rings is 1. The smallest absolute Gasteiger partial charge is 0.326 e. The molecule has 17 heavy (non-hydrogen) atoms. The number of aromatic nitrogens is 1. The third kappa shape index (κ3) is 3.27. The van der Waals surface area contributed by atoms with E-state index in [1.165, 1.54) is 6.20 Å². The summed E-state index contributed by atoms with van der Waals surface area (Å²) >= 11 is 0. The van der Waals surface area contributed by atoms with Gasteiger partial charge >= 0.3 is 5.97 Å². The first kappa shape index (κ1) is 13.2. The van der Waals surface area contributed by atoms with Crippen molar-refractivity contribution < 1.29 is 14.7 Å². The number of rotatable bonds is 4. The molecule has 5 heteroatoms. The van der Waals surface area contributed by atoms with Crippen molar-refractivity contribution in [3.05, 3.63) is 29.6 Å². The van der Waals surface area contributed by atoms with E-state index in [1.807, 2.05) is 0 Å². The van der Waals surface area contributed by atoms with Gasteiger partial charge in [0.25, 0.3) is 5.91 Å². The average Bonchev–Trinajstić information content (AvgIpc) is 2.25. The third-order valence-electron chi connectivity index (χ3n) is 2.50. The number of carboxylic acid groups (broad SMARTS) is 1. The number of carbonyl (C=O) groups excluding carboxylic acids is 1. The molecule has 1 heterocycles. The molecule has 0 spiro atoms. The number of carbonyl (C=O) groups is 2. The van der Waals surface area contributed by atoms with Crippen LogP contribution in [0.5, 0.6) is 0 Å². The molecule has 1 aromatic rings. The summed E-state index contributed by atoms with van der Waals surface area (Å²) < 4.78 is 0. The number of carboxylic acids is 1. The molecular formula is C12H16N2O3. The van der Waals surface area contributed by atoms with Crippen molar-refractivity contribution in [2.75, 3.05) is 0 Å². The van der Waals surface area contributed by atoms with Crippen LogP contribution in [0.2, 0.25) is 0 Å². The topological polar surface area (TPSA) is 79.3 Å². The Kier molecular flexibility index (Phi) is 4.20. The van der Waals surface area contributed by atoms with Crippen molar-refractivity contribution in [1.82, 2.24) is 10.3 Å². The molecule has 0 aromatic carbocycles. The number of hydrogen-bond donors (Lipinski definition) is 2. The standard InChI is InChI=1S/C12H16N2O3/c1-7(2)10(12(16)17)14-11(15)9-6-13-5-4-8(9)3/h4-7,10H,1-3H3,(H,14,15)(H,16,17)/t10-/m0/s1. The normalized spacial score (nSPS) is 12.2. The summed E-state index contributed by atoms with van der Waals surface area (Å²) in [5.41, 5.74) is 1.17. The Morgan fingerprint density at radius 3 is 2.53 bits per heavy atom. The van der Waals surface area contributed by atoms with E-state index in [1.54, 1.807) is 33.0 Å². The van der Waals surface area contributed by atoms with Gasteiger partial charge in [-0.2, -0.15) is 0 Å². The lowest BCUT2D eigenvalue weighted by Gasteiger charge is -2.18. The maximum absolute atomic E-state index is 11.9. The van der Waals surface area contributed by atoms with Gasteiger partial charge in [0.05, 0.1) is 5.56 Å². The number of nitrogens with one attached hydrogen (secondary N) is 1. The van der Waals surface area contributed by atoms with Gasteiger partial charge in [-0.1, -0.05) is 13.8 Å². The van der Waals surface area contributed by atoms with Crippen LogP contribution in [0, 0.1) is 12.8 Å². The molecule has 1 atom stereocenters. The quantitative estimate of drug-likeness (QED) is 0.824. The first-order valence-corrected chi connectivity index (χ1v) is 5.37. The summed E-state index contributed by atoms with van der Waals surface area (Å²) in [6.45, 7) is 5.27. The SMILES string of the molecule is Cc1ccncc1C(=O)N[C@H](C(=O)O)C(C)C. The number of amides is 1. The van der Waals surface area contributed by atoms with Crippen molar-refractivity contribution >= 4 is 11.9 Å². The molecule has 1 amide bonds. The summed E-state index contributed by atoms with van der Waals surface area (Å²) in [4.78, 5) is 26.7. The minimum absolute atomic E-state index is 0.173. The minimum atomic E-state index is -1.03. The average molecular weight is 236 g/mol. The van der Waals surface area contributed by atoms with Crippen molar-refractivity contribution in [1.29, 1.82) is 0 Å². The Balaban J connectivity index is 2.85. The van der Waals surface area contributed by atoms with Crippen LogP contribution in [0.25, 0.3) is 0 Å². The highest BCUT2D eigenvalue weighted by Gasteiger charge is 2.24. The van der Waals surface area contributed by atoms with Crippen LogP contribution in [-0.4, -0.2) is 28.0 Å². The molecule has 0 saturated carbocycles. The Hall–Kier alpha value is -1.91. The molecule has 0 saturated heterocycles. The molecule has 0 fully saturated rings. The van der Waals surface area contributed by atoms with Gasteiger partial charge in [0.2, 0.25) is 0 Å². The number of aliphatic carboxylic acids is 1. The molecular weight excluding hydrogens is 220 g/mol. The van der Waals surface area contributed by atoms with Crippen LogP contribution in [-0.2, 0) is 4.79 Å². The first-order chi connectivity index (χ1) is 7.93. The molecule has 92 valence electrons. The molecule has 2 N–H and O–H groups in total. The fraction of sp³-hybridized carbons (Fsp3) is 0.417. The van der Waals surface area contributed by atoms with Crippen LogP contribution < -0.4 is 5.32 Å². The van der Waals surface area contributed by atoms with E-state index in [9.17, 15) is 9.59 Å². The van der Waals surface area contributed by atoms with Gasteiger partial charge in [0, 0.05) is 12.4 Å². The van der Waals surface area contributed by atoms with Gasteiger partial charge in [-0.15, -0.1) is 0 Å². The first-order valence-electron chi connectivity index (χ1n) is 5.37. The maximum atomic E-state index is 11.9. The lowest BCUT2D eigenvalue weighted by atomic mass is 10.0. The van der Waals surface area contributed by atoms with Crippen molar-refractivity contribution in [2.45, 2.75) is 26.8 Å². The minimum Gasteiger partial charge on any atom is -0.480 e. The van der Waals surface area contributed by atoms with E-state index in [0.29, 0.717) is 5.56 Å². The van der Waals surface area contributed by atoms with Crippen LogP contribution >= 0.6 is 0 Å². The van der Waals surface area contributed by atoms with Crippen LogP contribution in [0.4, 0.5) is 0 Å². The van der Waals surface area contributed by atoms with Crippen molar-refractivity contribution in [3.8, 4) is 0 Å². The van der Waals surface area contributed by atoms with Gasteiger partial charge in [-0.05, 0) is 24.5 Å². The van der Waals surface area contributed by atoms with Gasteiger partial charge in [-0.25, -0.2) is 4.79 Å².